The van der Waals surface area contributed by atoms with Gasteiger partial charge in [0.05, 0.1) is 5.69 Å². The zero-order valence-electron chi connectivity index (χ0n) is 11.1. The molecule has 1 fully saturated rings. The van der Waals surface area contributed by atoms with Crippen LogP contribution < -0.4 is 0 Å². The van der Waals surface area contributed by atoms with Crippen molar-refractivity contribution in [2.75, 3.05) is 13.1 Å². The molecule has 0 aromatic carbocycles. The van der Waals surface area contributed by atoms with Crippen LogP contribution in [0.25, 0.3) is 0 Å². The number of aromatic nitrogens is 2. The first kappa shape index (κ1) is 12.8. The average molecular weight is 249 g/mol. The van der Waals surface area contributed by atoms with Crippen molar-refractivity contribution in [1.82, 2.24) is 14.7 Å². The normalized spacial score (nSPS) is 20.3. The van der Waals surface area contributed by atoms with Gasteiger partial charge in [0.15, 0.2) is 0 Å². The molecule has 0 N–H and O–H groups in total. The molecule has 1 aromatic heterocycles. The summed E-state index contributed by atoms with van der Waals surface area (Å²) >= 11 is 0. The summed E-state index contributed by atoms with van der Waals surface area (Å²) in [6.45, 7) is 4.93. The van der Waals surface area contributed by atoms with Gasteiger partial charge in [-0.25, -0.2) is 0 Å². The third-order valence-electron chi connectivity index (χ3n) is 3.47. The molecular weight excluding hydrogens is 230 g/mol. The number of carbonyl (C=O) groups is 2. The number of likely N-dealkylation sites (tertiary alicyclic amines) is 1. The van der Waals surface area contributed by atoms with Gasteiger partial charge >= 0.3 is 0 Å². The van der Waals surface area contributed by atoms with Gasteiger partial charge < -0.3 is 4.90 Å². The first-order chi connectivity index (χ1) is 8.52. The number of ketones is 1. The molecule has 0 bridgehead atoms. The maximum atomic E-state index is 12.4. The van der Waals surface area contributed by atoms with E-state index in [0.717, 1.165) is 12.1 Å². The molecule has 1 aliphatic rings. The first-order valence-electron chi connectivity index (χ1n) is 6.37. The van der Waals surface area contributed by atoms with Crippen molar-refractivity contribution in [2.45, 2.75) is 26.7 Å². The monoisotopic (exact) mass is 249 g/mol. The Morgan fingerprint density at radius 2 is 2.28 bits per heavy atom. The lowest BCUT2D eigenvalue weighted by Gasteiger charge is -2.29. The molecule has 0 spiro atoms. The summed E-state index contributed by atoms with van der Waals surface area (Å²) in [5.74, 6) is 0.170. The zero-order chi connectivity index (χ0) is 13.3. The SMILES string of the molecule is CCc1cc(C(=O)N2CCC(=O)C(C)C2)n(C)n1. The van der Waals surface area contributed by atoms with Gasteiger partial charge in [-0.1, -0.05) is 13.8 Å². The minimum absolute atomic E-state index is 0.0240. The van der Waals surface area contributed by atoms with Gasteiger partial charge in [-0.15, -0.1) is 0 Å². The Bertz CT molecular complexity index is 479. The number of nitrogens with zero attached hydrogens (tertiary/aromatic N) is 3. The number of Topliss-reactive ketones (excluding diaryl/α,β-unsaturated/α-hetero) is 1. The topological polar surface area (TPSA) is 55.2 Å². The van der Waals surface area contributed by atoms with Crippen LogP contribution >= 0.6 is 0 Å². The fourth-order valence-electron chi connectivity index (χ4n) is 2.26. The van der Waals surface area contributed by atoms with Crippen molar-refractivity contribution in [3.8, 4) is 0 Å². The number of hydrogen-bond donors (Lipinski definition) is 0. The van der Waals surface area contributed by atoms with Crippen molar-refractivity contribution in [3.63, 3.8) is 0 Å². The summed E-state index contributed by atoms with van der Waals surface area (Å²) in [6, 6.07) is 1.84. The summed E-state index contributed by atoms with van der Waals surface area (Å²) in [5, 5.41) is 4.28. The maximum Gasteiger partial charge on any atom is 0.272 e. The Morgan fingerprint density at radius 3 is 2.83 bits per heavy atom. The highest BCUT2D eigenvalue weighted by Crippen LogP contribution is 2.16. The second-order valence-corrected chi connectivity index (χ2v) is 4.87. The number of piperidine rings is 1. The molecule has 2 heterocycles. The highest BCUT2D eigenvalue weighted by Gasteiger charge is 2.28. The van der Waals surface area contributed by atoms with Crippen molar-refractivity contribution in [1.29, 1.82) is 0 Å². The summed E-state index contributed by atoms with van der Waals surface area (Å²) in [4.78, 5) is 25.6. The first-order valence-corrected chi connectivity index (χ1v) is 6.37. The van der Waals surface area contributed by atoms with E-state index in [4.69, 9.17) is 0 Å². The van der Waals surface area contributed by atoms with Crippen molar-refractivity contribution < 1.29 is 9.59 Å². The Balaban J connectivity index is 2.16. The fraction of sp³-hybridized carbons (Fsp3) is 0.615. The van der Waals surface area contributed by atoms with E-state index in [-0.39, 0.29) is 17.6 Å². The molecule has 5 heteroatoms. The van der Waals surface area contributed by atoms with Gasteiger partial charge in [-0.3, -0.25) is 14.3 Å². The third-order valence-corrected chi connectivity index (χ3v) is 3.47. The lowest BCUT2D eigenvalue weighted by atomic mass is 9.98. The molecule has 1 saturated heterocycles. The van der Waals surface area contributed by atoms with Crippen LogP contribution in [-0.2, 0) is 18.3 Å². The number of rotatable bonds is 2. The molecule has 1 unspecified atom stereocenters. The molecular formula is C13H19N3O2. The molecule has 1 aromatic rings. The van der Waals surface area contributed by atoms with Gasteiger partial charge in [0.2, 0.25) is 0 Å². The maximum absolute atomic E-state index is 12.4. The van der Waals surface area contributed by atoms with E-state index in [2.05, 4.69) is 5.10 Å². The largest absolute Gasteiger partial charge is 0.336 e. The van der Waals surface area contributed by atoms with E-state index < -0.39 is 0 Å². The Morgan fingerprint density at radius 1 is 1.56 bits per heavy atom. The van der Waals surface area contributed by atoms with Gasteiger partial charge in [-0.05, 0) is 12.5 Å². The van der Waals surface area contributed by atoms with Crippen LogP contribution in [0, 0.1) is 5.92 Å². The summed E-state index contributed by atoms with van der Waals surface area (Å²) in [7, 11) is 1.78. The minimum Gasteiger partial charge on any atom is -0.336 e. The van der Waals surface area contributed by atoms with Crippen LogP contribution in [-0.4, -0.2) is 39.5 Å². The second kappa shape index (κ2) is 4.92. The predicted octanol–water partition coefficient (Wildman–Crippen LogP) is 1.03. The molecule has 2 rings (SSSR count). The zero-order valence-corrected chi connectivity index (χ0v) is 11.1. The standard InChI is InChI=1S/C13H19N3O2/c1-4-10-7-11(15(3)14-10)13(18)16-6-5-12(17)9(2)8-16/h7,9H,4-6,8H2,1-3H3. The lowest BCUT2D eigenvalue weighted by molar-refractivity contribution is -0.124. The highest BCUT2D eigenvalue weighted by molar-refractivity contribution is 5.94. The summed E-state index contributed by atoms with van der Waals surface area (Å²) in [5.41, 5.74) is 1.52. The number of amides is 1. The summed E-state index contributed by atoms with van der Waals surface area (Å²) < 4.78 is 1.63. The van der Waals surface area contributed by atoms with Crippen LogP contribution in [0.1, 0.15) is 36.5 Å². The van der Waals surface area contributed by atoms with Crippen LogP contribution in [0.2, 0.25) is 0 Å². The smallest absolute Gasteiger partial charge is 0.272 e. The summed E-state index contributed by atoms with van der Waals surface area (Å²) in [6.07, 6.45) is 1.28. The van der Waals surface area contributed by atoms with E-state index in [0.29, 0.717) is 25.2 Å². The minimum atomic E-state index is -0.0541. The molecule has 0 aliphatic carbocycles. The molecule has 0 radical (unpaired) electrons. The molecule has 1 amide bonds. The highest BCUT2D eigenvalue weighted by atomic mass is 16.2. The van der Waals surface area contributed by atoms with Gasteiger partial charge in [0.1, 0.15) is 11.5 Å². The van der Waals surface area contributed by atoms with Crippen LogP contribution in [0.4, 0.5) is 0 Å². The Hall–Kier alpha value is -1.65. The molecule has 1 aliphatic heterocycles. The van der Waals surface area contributed by atoms with E-state index in [1.165, 1.54) is 0 Å². The van der Waals surface area contributed by atoms with E-state index >= 15 is 0 Å². The fourth-order valence-corrected chi connectivity index (χ4v) is 2.26. The van der Waals surface area contributed by atoms with Crippen LogP contribution in [0.5, 0.6) is 0 Å². The van der Waals surface area contributed by atoms with E-state index in [1.54, 1.807) is 16.6 Å². The quantitative estimate of drug-likeness (QED) is 0.786. The molecule has 1 atom stereocenters. The Kier molecular flexibility index (Phi) is 3.50. The van der Waals surface area contributed by atoms with E-state index in [1.807, 2.05) is 19.9 Å². The molecule has 98 valence electrons. The van der Waals surface area contributed by atoms with Gasteiger partial charge in [0, 0.05) is 32.5 Å². The Labute approximate surface area is 107 Å². The predicted molar refractivity (Wildman–Crippen MR) is 67.3 cm³/mol. The molecule has 0 saturated carbocycles. The van der Waals surface area contributed by atoms with Gasteiger partial charge in [0.25, 0.3) is 5.91 Å². The third kappa shape index (κ3) is 2.30. The molecule has 18 heavy (non-hydrogen) atoms. The van der Waals surface area contributed by atoms with Crippen molar-refractivity contribution >= 4 is 11.7 Å². The van der Waals surface area contributed by atoms with Crippen LogP contribution in [0.15, 0.2) is 6.07 Å². The number of carbonyl (C=O) groups excluding carboxylic acids is 2. The number of aryl methyl sites for hydroxylation is 2. The van der Waals surface area contributed by atoms with E-state index in [9.17, 15) is 9.59 Å². The average Bonchev–Trinajstić information content (AvgIpc) is 2.73. The van der Waals surface area contributed by atoms with Crippen molar-refractivity contribution in [3.05, 3.63) is 17.5 Å². The molecule has 5 nitrogen and oxygen atoms in total. The second-order valence-electron chi connectivity index (χ2n) is 4.87. The van der Waals surface area contributed by atoms with Gasteiger partial charge in [-0.2, -0.15) is 5.10 Å². The van der Waals surface area contributed by atoms with Crippen molar-refractivity contribution in [2.24, 2.45) is 13.0 Å². The lowest BCUT2D eigenvalue weighted by Crippen LogP contribution is -2.43. The van der Waals surface area contributed by atoms with Crippen LogP contribution in [0.3, 0.4) is 0 Å². The number of hydrogen-bond acceptors (Lipinski definition) is 3.